The zero-order chi connectivity index (χ0) is 28.1. The Labute approximate surface area is 245 Å². The third-order valence-corrected chi connectivity index (χ3v) is 7.72. The van der Waals surface area contributed by atoms with Gasteiger partial charge in [-0.3, -0.25) is 14.6 Å². The standard InChI is InChI=1S/C32H33Cl2N5O/c1-23-16-28(24(2)39(23)31-18-29(33)17-30(34)19-31)20-35-36-32(40)27-10-8-26(9-11-27)22-38-14-12-37(13-15-38)21-25-6-4-3-5-7-25/h3-11,16-20H,12-15,21-22H2,1-2H3,(H,36,40)/b35-20+. The highest BCUT2D eigenvalue weighted by Gasteiger charge is 2.17. The van der Waals surface area contributed by atoms with Crippen LogP contribution < -0.4 is 5.43 Å². The van der Waals surface area contributed by atoms with Crippen molar-refractivity contribution < 1.29 is 4.79 Å². The van der Waals surface area contributed by atoms with Crippen LogP contribution in [0.4, 0.5) is 0 Å². The van der Waals surface area contributed by atoms with E-state index < -0.39 is 0 Å². The molecule has 0 saturated carbocycles. The van der Waals surface area contributed by atoms with E-state index in [2.05, 4.69) is 55.2 Å². The number of hydrogen-bond donors (Lipinski definition) is 1. The van der Waals surface area contributed by atoms with Crippen LogP contribution in [0.5, 0.6) is 0 Å². The number of rotatable bonds is 8. The van der Waals surface area contributed by atoms with Crippen molar-refractivity contribution in [1.82, 2.24) is 19.8 Å². The maximum Gasteiger partial charge on any atom is 0.271 e. The Morgan fingerprint density at radius 1 is 0.825 bits per heavy atom. The summed E-state index contributed by atoms with van der Waals surface area (Å²) in [7, 11) is 0. The number of nitrogens with one attached hydrogen (secondary N) is 1. The van der Waals surface area contributed by atoms with Gasteiger partial charge in [-0.25, -0.2) is 5.43 Å². The summed E-state index contributed by atoms with van der Waals surface area (Å²) in [5.74, 6) is -0.243. The van der Waals surface area contributed by atoms with Crippen molar-refractivity contribution in [3.8, 4) is 5.69 Å². The lowest BCUT2D eigenvalue weighted by atomic mass is 10.1. The minimum absolute atomic E-state index is 0.243. The molecule has 3 aromatic carbocycles. The Bertz CT molecular complexity index is 1470. The van der Waals surface area contributed by atoms with Gasteiger partial charge in [0.15, 0.2) is 0 Å². The van der Waals surface area contributed by atoms with Gasteiger partial charge in [0.25, 0.3) is 5.91 Å². The van der Waals surface area contributed by atoms with Crippen molar-refractivity contribution in [1.29, 1.82) is 0 Å². The van der Waals surface area contributed by atoms with Crippen molar-refractivity contribution in [3.05, 3.63) is 123 Å². The van der Waals surface area contributed by atoms with Gasteiger partial charge in [-0.15, -0.1) is 0 Å². The number of nitrogens with zero attached hydrogens (tertiary/aromatic N) is 4. The topological polar surface area (TPSA) is 52.9 Å². The molecule has 0 radical (unpaired) electrons. The zero-order valence-corrected chi connectivity index (χ0v) is 24.3. The third-order valence-electron chi connectivity index (χ3n) is 7.28. The van der Waals surface area contributed by atoms with Crippen LogP contribution in [0.2, 0.25) is 10.0 Å². The second-order valence-corrected chi connectivity index (χ2v) is 11.1. The molecule has 2 heterocycles. The Morgan fingerprint density at radius 3 is 2.00 bits per heavy atom. The lowest BCUT2D eigenvalue weighted by Gasteiger charge is -2.34. The van der Waals surface area contributed by atoms with E-state index in [1.165, 1.54) is 11.1 Å². The number of hydrazone groups is 1. The first-order valence-electron chi connectivity index (χ1n) is 13.4. The lowest BCUT2D eigenvalue weighted by molar-refractivity contribution is 0.0955. The molecule has 1 amide bonds. The number of aromatic nitrogens is 1. The van der Waals surface area contributed by atoms with Crippen LogP contribution in [0.25, 0.3) is 5.69 Å². The minimum Gasteiger partial charge on any atom is -0.318 e. The second kappa shape index (κ2) is 12.8. The highest BCUT2D eigenvalue weighted by Crippen LogP contribution is 2.26. The number of piperazine rings is 1. The summed E-state index contributed by atoms with van der Waals surface area (Å²) < 4.78 is 2.06. The molecular formula is C32H33Cl2N5O. The number of amides is 1. The quantitative estimate of drug-likeness (QED) is 0.194. The van der Waals surface area contributed by atoms with Crippen LogP contribution in [0.1, 0.15) is 38.4 Å². The molecular weight excluding hydrogens is 541 g/mol. The van der Waals surface area contributed by atoms with Crippen LogP contribution in [-0.4, -0.2) is 52.7 Å². The normalized spacial score (nSPS) is 14.6. The van der Waals surface area contributed by atoms with E-state index in [9.17, 15) is 4.79 Å². The van der Waals surface area contributed by atoms with Gasteiger partial charge in [-0.05, 0) is 61.4 Å². The van der Waals surface area contributed by atoms with E-state index in [4.69, 9.17) is 23.2 Å². The summed E-state index contributed by atoms with van der Waals surface area (Å²) in [5.41, 5.74) is 9.55. The number of hydrogen-bond acceptors (Lipinski definition) is 4. The van der Waals surface area contributed by atoms with E-state index in [0.717, 1.165) is 61.9 Å². The number of benzene rings is 3. The van der Waals surface area contributed by atoms with Crippen molar-refractivity contribution in [3.63, 3.8) is 0 Å². The third kappa shape index (κ3) is 7.01. The summed E-state index contributed by atoms with van der Waals surface area (Å²) in [5, 5.41) is 5.36. The van der Waals surface area contributed by atoms with Gasteiger partial charge in [-0.2, -0.15) is 5.10 Å². The van der Waals surface area contributed by atoms with Gasteiger partial charge >= 0.3 is 0 Å². The first kappa shape index (κ1) is 28.1. The Morgan fingerprint density at radius 2 is 1.40 bits per heavy atom. The molecule has 6 nitrogen and oxygen atoms in total. The first-order chi connectivity index (χ1) is 19.4. The molecule has 0 bridgehead atoms. The van der Waals surface area contributed by atoms with Crippen molar-refractivity contribution in [2.24, 2.45) is 5.10 Å². The highest BCUT2D eigenvalue weighted by atomic mass is 35.5. The predicted octanol–water partition coefficient (Wildman–Crippen LogP) is 6.48. The molecule has 40 heavy (non-hydrogen) atoms. The van der Waals surface area contributed by atoms with Crippen molar-refractivity contribution in [2.75, 3.05) is 26.2 Å². The number of aryl methyl sites for hydroxylation is 1. The SMILES string of the molecule is Cc1cc(/C=N/NC(=O)c2ccc(CN3CCN(Cc4ccccc4)CC3)cc2)c(C)n1-c1cc(Cl)cc(Cl)c1. The average Bonchev–Trinajstić information content (AvgIpc) is 3.22. The molecule has 1 fully saturated rings. The monoisotopic (exact) mass is 573 g/mol. The molecule has 0 atom stereocenters. The van der Waals surface area contributed by atoms with Crippen molar-refractivity contribution in [2.45, 2.75) is 26.9 Å². The number of halogens is 2. The van der Waals surface area contributed by atoms with Gasteiger partial charge in [0.05, 0.1) is 6.21 Å². The molecule has 1 aliphatic heterocycles. The van der Waals surface area contributed by atoms with E-state index in [1.807, 2.05) is 56.3 Å². The second-order valence-electron chi connectivity index (χ2n) is 10.2. The Balaban J connectivity index is 1.13. The molecule has 0 unspecified atom stereocenters. The van der Waals surface area contributed by atoms with Crippen molar-refractivity contribution >= 4 is 35.3 Å². The van der Waals surface area contributed by atoms with E-state index in [-0.39, 0.29) is 5.91 Å². The van der Waals surface area contributed by atoms with Crippen LogP contribution in [0, 0.1) is 13.8 Å². The van der Waals surface area contributed by atoms with Crippen LogP contribution in [0.3, 0.4) is 0 Å². The smallest absolute Gasteiger partial charge is 0.271 e. The number of carbonyl (C=O) groups is 1. The molecule has 206 valence electrons. The summed E-state index contributed by atoms with van der Waals surface area (Å²) in [6, 6.07) is 25.9. The van der Waals surface area contributed by atoms with Crippen LogP contribution in [0.15, 0.2) is 84.0 Å². The van der Waals surface area contributed by atoms with Gasteiger partial charge in [0.1, 0.15) is 0 Å². The largest absolute Gasteiger partial charge is 0.318 e. The fourth-order valence-corrected chi connectivity index (χ4v) is 5.69. The van der Waals surface area contributed by atoms with Gasteiger partial charge in [-0.1, -0.05) is 65.7 Å². The highest BCUT2D eigenvalue weighted by molar-refractivity contribution is 6.34. The maximum atomic E-state index is 12.7. The summed E-state index contributed by atoms with van der Waals surface area (Å²) >= 11 is 12.4. The van der Waals surface area contributed by atoms with Gasteiger partial charge in [0.2, 0.25) is 0 Å². The molecule has 5 rings (SSSR count). The van der Waals surface area contributed by atoms with E-state index in [0.29, 0.717) is 15.6 Å². The first-order valence-corrected chi connectivity index (χ1v) is 14.2. The lowest BCUT2D eigenvalue weighted by Crippen LogP contribution is -2.45. The van der Waals surface area contributed by atoms with Crippen LogP contribution >= 0.6 is 23.2 Å². The van der Waals surface area contributed by atoms with E-state index >= 15 is 0 Å². The molecule has 4 aromatic rings. The summed E-state index contributed by atoms with van der Waals surface area (Å²) in [6.07, 6.45) is 1.66. The zero-order valence-electron chi connectivity index (χ0n) is 22.8. The van der Waals surface area contributed by atoms with Gasteiger partial charge in [0, 0.05) is 77.5 Å². The maximum absolute atomic E-state index is 12.7. The molecule has 0 aliphatic carbocycles. The molecule has 1 aliphatic rings. The molecule has 1 N–H and O–H groups in total. The average molecular weight is 575 g/mol. The van der Waals surface area contributed by atoms with Crippen LogP contribution in [-0.2, 0) is 13.1 Å². The molecule has 8 heteroatoms. The molecule has 1 saturated heterocycles. The van der Waals surface area contributed by atoms with E-state index in [1.54, 1.807) is 12.3 Å². The Hall–Kier alpha value is -3.42. The molecule has 0 spiro atoms. The number of carbonyl (C=O) groups excluding carboxylic acids is 1. The fourth-order valence-electron chi connectivity index (χ4n) is 5.18. The Kier molecular flexibility index (Phi) is 9.02. The fraction of sp³-hybridized carbons (Fsp3) is 0.250. The summed E-state index contributed by atoms with van der Waals surface area (Å²) in [6.45, 7) is 10.1. The minimum atomic E-state index is -0.243. The summed E-state index contributed by atoms with van der Waals surface area (Å²) in [4.78, 5) is 17.7. The molecule has 1 aromatic heterocycles. The predicted molar refractivity (Wildman–Crippen MR) is 164 cm³/mol. The van der Waals surface area contributed by atoms with Gasteiger partial charge < -0.3 is 4.57 Å².